The van der Waals surface area contributed by atoms with Crippen molar-refractivity contribution in [3.8, 4) is 0 Å². The number of imide groups is 1. The first kappa shape index (κ1) is 14.5. The molecule has 0 bridgehead atoms. The van der Waals surface area contributed by atoms with Crippen molar-refractivity contribution in [2.75, 3.05) is 0 Å². The van der Waals surface area contributed by atoms with E-state index in [1.807, 2.05) is 0 Å². The molecule has 0 N–H and O–H groups in total. The van der Waals surface area contributed by atoms with Gasteiger partial charge in [0.2, 0.25) is 0 Å². The van der Waals surface area contributed by atoms with E-state index in [2.05, 4.69) is 5.10 Å². The summed E-state index contributed by atoms with van der Waals surface area (Å²) in [6, 6.07) is 7.22. The van der Waals surface area contributed by atoms with E-state index in [0.717, 1.165) is 9.58 Å². The molecule has 0 radical (unpaired) electrons. The second kappa shape index (κ2) is 5.06. The molecule has 7 heteroatoms. The first-order valence-electron chi connectivity index (χ1n) is 6.62. The molecule has 0 saturated carbocycles. The van der Waals surface area contributed by atoms with Gasteiger partial charge in [0.1, 0.15) is 0 Å². The molecule has 1 aromatic carbocycles. The van der Waals surface area contributed by atoms with Crippen LogP contribution >= 0.6 is 11.6 Å². The molecule has 112 valence electrons. The molecule has 22 heavy (non-hydrogen) atoms. The Labute approximate surface area is 130 Å². The highest BCUT2D eigenvalue weighted by atomic mass is 35.5. The molecule has 1 aliphatic rings. The molecule has 0 aliphatic carbocycles. The molecule has 1 aliphatic heterocycles. The van der Waals surface area contributed by atoms with Crippen LogP contribution in [0.25, 0.3) is 0 Å². The lowest BCUT2D eigenvalue weighted by Crippen LogP contribution is -2.34. The van der Waals surface area contributed by atoms with E-state index < -0.39 is 17.9 Å². The van der Waals surface area contributed by atoms with E-state index in [1.165, 1.54) is 13.1 Å². The van der Waals surface area contributed by atoms with Crippen LogP contribution in [0.2, 0.25) is 5.15 Å². The van der Waals surface area contributed by atoms with Crippen LogP contribution in [0.1, 0.15) is 39.2 Å². The van der Waals surface area contributed by atoms with E-state index in [9.17, 15) is 14.4 Å². The summed E-state index contributed by atoms with van der Waals surface area (Å²) in [6.07, 6.45) is 0. The predicted molar refractivity (Wildman–Crippen MR) is 79.8 cm³/mol. The Bertz CT molecular complexity index is 824. The zero-order valence-electron chi connectivity index (χ0n) is 11.9. The lowest BCUT2D eigenvalue weighted by atomic mass is 10.1. The van der Waals surface area contributed by atoms with Gasteiger partial charge in [0.05, 0.1) is 17.2 Å². The number of aryl methyl sites for hydroxylation is 1. The average molecular weight is 318 g/mol. The SMILES string of the molecule is CC(c1cc(=O)n(C)nc1Cl)N1C(=O)c2ccccc2C1=O. The van der Waals surface area contributed by atoms with Gasteiger partial charge in [-0.15, -0.1) is 0 Å². The molecule has 1 aromatic heterocycles. The van der Waals surface area contributed by atoms with Gasteiger partial charge < -0.3 is 0 Å². The number of amides is 2. The lowest BCUT2D eigenvalue weighted by Gasteiger charge is -2.23. The molecule has 3 rings (SSSR count). The van der Waals surface area contributed by atoms with Crippen molar-refractivity contribution in [3.63, 3.8) is 0 Å². The maximum Gasteiger partial charge on any atom is 0.266 e. The molecule has 0 saturated heterocycles. The molecule has 2 aromatic rings. The average Bonchev–Trinajstić information content (AvgIpc) is 2.75. The van der Waals surface area contributed by atoms with Crippen LogP contribution in [0.5, 0.6) is 0 Å². The number of benzene rings is 1. The van der Waals surface area contributed by atoms with Gasteiger partial charge in [-0.3, -0.25) is 19.3 Å². The first-order valence-corrected chi connectivity index (χ1v) is 7.00. The highest BCUT2D eigenvalue weighted by Gasteiger charge is 2.39. The van der Waals surface area contributed by atoms with Crippen LogP contribution in [0, 0.1) is 0 Å². The van der Waals surface area contributed by atoms with Crippen molar-refractivity contribution < 1.29 is 9.59 Å². The van der Waals surface area contributed by atoms with Crippen LogP contribution in [0.3, 0.4) is 0 Å². The maximum absolute atomic E-state index is 12.4. The number of hydrogen-bond donors (Lipinski definition) is 0. The maximum atomic E-state index is 12.4. The van der Waals surface area contributed by atoms with Crippen LogP contribution < -0.4 is 5.56 Å². The molecular formula is C15H12ClN3O3. The van der Waals surface area contributed by atoms with Crippen molar-refractivity contribution in [2.24, 2.45) is 7.05 Å². The number of carbonyl (C=O) groups is 2. The Morgan fingerprint density at radius 1 is 1.09 bits per heavy atom. The minimum atomic E-state index is -0.679. The van der Waals surface area contributed by atoms with Crippen molar-refractivity contribution >= 4 is 23.4 Å². The Kier molecular flexibility index (Phi) is 3.33. The van der Waals surface area contributed by atoms with Crippen molar-refractivity contribution in [2.45, 2.75) is 13.0 Å². The van der Waals surface area contributed by atoms with E-state index in [-0.39, 0.29) is 10.7 Å². The molecule has 0 spiro atoms. The number of carbonyl (C=O) groups excluding carboxylic acids is 2. The van der Waals surface area contributed by atoms with Crippen LogP contribution in [0.4, 0.5) is 0 Å². The van der Waals surface area contributed by atoms with Gasteiger partial charge in [0.15, 0.2) is 5.15 Å². The Morgan fingerprint density at radius 2 is 1.64 bits per heavy atom. The van der Waals surface area contributed by atoms with Crippen LogP contribution in [-0.4, -0.2) is 26.5 Å². The number of halogens is 1. The summed E-state index contributed by atoms with van der Waals surface area (Å²) in [5, 5.41) is 3.97. The van der Waals surface area contributed by atoms with Gasteiger partial charge >= 0.3 is 0 Å². The molecule has 0 fully saturated rings. The molecule has 2 amide bonds. The highest BCUT2D eigenvalue weighted by molar-refractivity contribution is 6.30. The second-order valence-electron chi connectivity index (χ2n) is 5.05. The molecule has 1 atom stereocenters. The predicted octanol–water partition coefficient (Wildman–Crippen LogP) is 1.79. The molecular weight excluding hydrogens is 306 g/mol. The first-order chi connectivity index (χ1) is 10.4. The number of nitrogens with zero attached hydrogens (tertiary/aromatic N) is 3. The zero-order chi connectivity index (χ0) is 16.0. The van der Waals surface area contributed by atoms with Crippen molar-refractivity contribution in [1.29, 1.82) is 0 Å². The summed E-state index contributed by atoms with van der Waals surface area (Å²) >= 11 is 6.06. The summed E-state index contributed by atoms with van der Waals surface area (Å²) in [4.78, 5) is 37.7. The van der Waals surface area contributed by atoms with Crippen molar-refractivity contribution in [1.82, 2.24) is 14.7 Å². The number of rotatable bonds is 2. The normalized spacial score (nSPS) is 15.1. The fraction of sp³-hybridized carbons (Fsp3) is 0.200. The van der Waals surface area contributed by atoms with Crippen LogP contribution in [0.15, 0.2) is 35.1 Å². The topological polar surface area (TPSA) is 72.3 Å². The van der Waals surface area contributed by atoms with Gasteiger partial charge in [0.25, 0.3) is 17.4 Å². The fourth-order valence-corrected chi connectivity index (χ4v) is 2.84. The summed E-state index contributed by atoms with van der Waals surface area (Å²) in [7, 11) is 1.48. The van der Waals surface area contributed by atoms with Crippen molar-refractivity contribution in [3.05, 3.63) is 62.5 Å². The summed E-state index contributed by atoms with van der Waals surface area (Å²) in [5.74, 6) is -0.797. The molecule has 1 unspecified atom stereocenters. The zero-order valence-corrected chi connectivity index (χ0v) is 12.7. The largest absolute Gasteiger partial charge is 0.269 e. The lowest BCUT2D eigenvalue weighted by molar-refractivity contribution is 0.0595. The standard InChI is InChI=1S/C15H12ClN3O3/c1-8(11-7-12(20)18(2)17-13(11)16)19-14(21)9-5-3-4-6-10(9)15(19)22/h3-8H,1-2H3. The Morgan fingerprint density at radius 3 is 2.18 bits per heavy atom. The third-order valence-electron chi connectivity index (χ3n) is 3.74. The van der Waals surface area contributed by atoms with E-state index >= 15 is 0 Å². The summed E-state index contributed by atoms with van der Waals surface area (Å²) < 4.78 is 1.10. The third-order valence-corrected chi connectivity index (χ3v) is 4.03. The van der Waals surface area contributed by atoms with Gasteiger partial charge in [0, 0.05) is 18.7 Å². The van der Waals surface area contributed by atoms with E-state index in [1.54, 1.807) is 31.2 Å². The minimum absolute atomic E-state index is 0.0890. The third kappa shape index (κ3) is 2.03. The number of aromatic nitrogens is 2. The quantitative estimate of drug-likeness (QED) is 0.792. The fourth-order valence-electron chi connectivity index (χ4n) is 2.52. The summed E-state index contributed by atoms with van der Waals surface area (Å²) in [5.41, 5.74) is 0.696. The number of fused-ring (bicyclic) bond motifs is 1. The minimum Gasteiger partial charge on any atom is -0.269 e. The number of hydrogen-bond acceptors (Lipinski definition) is 4. The second-order valence-corrected chi connectivity index (χ2v) is 5.41. The van der Waals surface area contributed by atoms with Crippen LogP contribution in [-0.2, 0) is 7.05 Å². The Hall–Kier alpha value is -2.47. The molecule has 2 heterocycles. The highest BCUT2D eigenvalue weighted by Crippen LogP contribution is 2.32. The van der Waals surface area contributed by atoms with Gasteiger partial charge in [-0.2, -0.15) is 5.10 Å². The van der Waals surface area contributed by atoms with Gasteiger partial charge in [-0.25, -0.2) is 4.68 Å². The Balaban J connectivity index is 2.06. The monoisotopic (exact) mass is 317 g/mol. The summed E-state index contributed by atoms with van der Waals surface area (Å²) in [6.45, 7) is 1.64. The van der Waals surface area contributed by atoms with Gasteiger partial charge in [-0.05, 0) is 19.1 Å². The van der Waals surface area contributed by atoms with E-state index in [4.69, 9.17) is 11.6 Å². The molecule has 6 nitrogen and oxygen atoms in total. The van der Waals surface area contributed by atoms with E-state index in [0.29, 0.717) is 16.7 Å². The van der Waals surface area contributed by atoms with Gasteiger partial charge in [-0.1, -0.05) is 23.7 Å². The smallest absolute Gasteiger partial charge is 0.266 e.